The molecule has 1 amide bonds. The van der Waals surface area contributed by atoms with Crippen LogP contribution in [0.5, 0.6) is 0 Å². The first-order valence-corrected chi connectivity index (χ1v) is 8.12. The van der Waals surface area contributed by atoms with Gasteiger partial charge in [-0.15, -0.1) is 0 Å². The van der Waals surface area contributed by atoms with Crippen molar-refractivity contribution in [2.75, 3.05) is 0 Å². The average Bonchev–Trinajstić information content (AvgIpc) is 2.52. The van der Waals surface area contributed by atoms with Gasteiger partial charge in [0.2, 0.25) is 5.91 Å². The lowest BCUT2D eigenvalue weighted by atomic mass is 9.88. The summed E-state index contributed by atoms with van der Waals surface area (Å²) in [5.41, 5.74) is 2.30. The summed E-state index contributed by atoms with van der Waals surface area (Å²) in [5, 5.41) is 3.08. The Morgan fingerprint density at radius 3 is 2.67 bits per heavy atom. The molecule has 0 heterocycles. The topological polar surface area (TPSA) is 38.3 Å². The fourth-order valence-electron chi connectivity index (χ4n) is 2.79. The van der Waals surface area contributed by atoms with Crippen LogP contribution in [-0.4, -0.2) is 12.0 Å². The van der Waals surface area contributed by atoms with E-state index in [2.05, 4.69) is 23.5 Å². The highest BCUT2D eigenvalue weighted by molar-refractivity contribution is 5.78. The van der Waals surface area contributed by atoms with Crippen LogP contribution in [0, 0.1) is 5.92 Å². The summed E-state index contributed by atoms with van der Waals surface area (Å²) in [5.74, 6) is 0.449. The lowest BCUT2D eigenvalue weighted by molar-refractivity contribution is -0.126. The molecule has 0 aromatic heterocycles. The van der Waals surface area contributed by atoms with E-state index in [4.69, 9.17) is 4.74 Å². The van der Waals surface area contributed by atoms with Crippen LogP contribution in [0.25, 0.3) is 0 Å². The number of carbonyl (C=O) groups excluding carboxylic acids is 1. The van der Waals surface area contributed by atoms with Crippen molar-refractivity contribution in [2.24, 2.45) is 5.92 Å². The van der Waals surface area contributed by atoms with Crippen LogP contribution < -0.4 is 5.32 Å². The smallest absolute Gasteiger partial charge is 0.223 e. The molecule has 1 aliphatic carbocycles. The van der Waals surface area contributed by atoms with Gasteiger partial charge >= 0.3 is 0 Å². The summed E-state index contributed by atoms with van der Waals surface area (Å²) < 4.78 is 5.62. The van der Waals surface area contributed by atoms with E-state index in [1.165, 1.54) is 19.3 Å². The number of hydrogen-bond acceptors (Lipinski definition) is 2. The normalized spacial score (nSPS) is 16.1. The third-order valence-electron chi connectivity index (χ3n) is 4.02. The largest absolute Gasteiger partial charge is 0.374 e. The Morgan fingerprint density at radius 2 is 1.95 bits per heavy atom. The van der Waals surface area contributed by atoms with Crippen LogP contribution in [-0.2, 0) is 22.7 Å². The molecule has 0 spiro atoms. The molecule has 1 fully saturated rings. The standard InChI is InChI=1S/C18H27NO2/c1-14(2)21-13-16-8-6-7-15(11-16)12-19-18(20)17-9-4-3-5-10-17/h6-8,11,14,17H,3-5,9-10,12-13H2,1-2H3,(H,19,20). The van der Waals surface area contributed by atoms with E-state index in [9.17, 15) is 4.79 Å². The van der Waals surface area contributed by atoms with Gasteiger partial charge in [0.1, 0.15) is 0 Å². The minimum absolute atomic E-state index is 0.221. The highest BCUT2D eigenvalue weighted by atomic mass is 16.5. The zero-order chi connectivity index (χ0) is 15.1. The summed E-state index contributed by atoms with van der Waals surface area (Å²) in [4.78, 5) is 12.1. The Labute approximate surface area is 128 Å². The van der Waals surface area contributed by atoms with Crippen LogP contribution in [0.2, 0.25) is 0 Å². The van der Waals surface area contributed by atoms with Gasteiger partial charge in [0, 0.05) is 12.5 Å². The molecular formula is C18H27NO2. The highest BCUT2D eigenvalue weighted by Crippen LogP contribution is 2.23. The van der Waals surface area contributed by atoms with Crippen molar-refractivity contribution in [1.29, 1.82) is 0 Å². The van der Waals surface area contributed by atoms with Crippen molar-refractivity contribution in [3.63, 3.8) is 0 Å². The Bertz CT molecular complexity index is 450. The van der Waals surface area contributed by atoms with Crippen LogP contribution in [0.3, 0.4) is 0 Å². The Balaban J connectivity index is 1.82. The SMILES string of the molecule is CC(C)OCc1cccc(CNC(=O)C2CCCCC2)c1. The summed E-state index contributed by atoms with van der Waals surface area (Å²) in [7, 11) is 0. The number of amides is 1. The van der Waals surface area contributed by atoms with Gasteiger partial charge in [-0.3, -0.25) is 4.79 Å². The lowest BCUT2D eigenvalue weighted by Crippen LogP contribution is -2.31. The molecule has 1 aromatic rings. The molecule has 0 saturated heterocycles. The zero-order valence-corrected chi connectivity index (χ0v) is 13.2. The third kappa shape index (κ3) is 5.50. The van der Waals surface area contributed by atoms with Crippen molar-refractivity contribution in [1.82, 2.24) is 5.32 Å². The highest BCUT2D eigenvalue weighted by Gasteiger charge is 2.20. The molecule has 1 aliphatic rings. The molecule has 0 unspecified atom stereocenters. The predicted molar refractivity (Wildman–Crippen MR) is 84.8 cm³/mol. The maximum Gasteiger partial charge on any atom is 0.223 e. The third-order valence-corrected chi connectivity index (χ3v) is 4.02. The molecule has 21 heavy (non-hydrogen) atoms. The Morgan fingerprint density at radius 1 is 1.24 bits per heavy atom. The van der Waals surface area contributed by atoms with Crippen LogP contribution in [0.15, 0.2) is 24.3 Å². The summed E-state index contributed by atoms with van der Waals surface area (Å²) in [6, 6.07) is 8.26. The fraction of sp³-hybridized carbons (Fsp3) is 0.611. The number of ether oxygens (including phenoxy) is 1. The van der Waals surface area contributed by atoms with Crippen LogP contribution in [0.1, 0.15) is 57.1 Å². The second kappa shape index (κ2) is 8.18. The van der Waals surface area contributed by atoms with E-state index in [0.29, 0.717) is 13.2 Å². The van der Waals surface area contributed by atoms with Gasteiger partial charge in [0.25, 0.3) is 0 Å². The first kappa shape index (κ1) is 16.0. The van der Waals surface area contributed by atoms with E-state index in [1.54, 1.807) is 0 Å². The lowest BCUT2D eigenvalue weighted by Gasteiger charge is -2.20. The number of nitrogens with one attached hydrogen (secondary N) is 1. The van der Waals surface area contributed by atoms with E-state index < -0.39 is 0 Å². The maximum absolute atomic E-state index is 12.1. The molecule has 0 aliphatic heterocycles. The van der Waals surface area contributed by atoms with E-state index in [1.807, 2.05) is 19.9 Å². The number of benzene rings is 1. The van der Waals surface area contributed by atoms with E-state index >= 15 is 0 Å². The molecule has 3 heteroatoms. The second-order valence-electron chi connectivity index (χ2n) is 6.23. The summed E-state index contributed by atoms with van der Waals surface area (Å²) in [6.45, 7) is 5.31. The van der Waals surface area contributed by atoms with Crippen LogP contribution >= 0.6 is 0 Å². The van der Waals surface area contributed by atoms with Gasteiger partial charge in [-0.05, 0) is 37.8 Å². The van der Waals surface area contributed by atoms with Crippen molar-refractivity contribution in [2.45, 2.75) is 65.2 Å². The number of carbonyl (C=O) groups is 1. The minimum atomic E-state index is 0.221. The number of hydrogen-bond donors (Lipinski definition) is 1. The Kier molecular flexibility index (Phi) is 6.24. The van der Waals surface area contributed by atoms with Gasteiger partial charge in [-0.1, -0.05) is 43.5 Å². The van der Waals surface area contributed by atoms with Crippen LogP contribution in [0.4, 0.5) is 0 Å². The Hall–Kier alpha value is -1.35. The van der Waals surface area contributed by atoms with Gasteiger partial charge in [-0.2, -0.15) is 0 Å². The number of rotatable bonds is 6. The molecule has 1 saturated carbocycles. The van der Waals surface area contributed by atoms with E-state index in [-0.39, 0.29) is 17.9 Å². The first-order chi connectivity index (χ1) is 10.1. The van der Waals surface area contributed by atoms with Crippen molar-refractivity contribution in [3.05, 3.63) is 35.4 Å². The molecule has 2 rings (SSSR count). The second-order valence-corrected chi connectivity index (χ2v) is 6.23. The molecule has 116 valence electrons. The van der Waals surface area contributed by atoms with Gasteiger partial charge < -0.3 is 10.1 Å². The first-order valence-electron chi connectivity index (χ1n) is 8.12. The van der Waals surface area contributed by atoms with E-state index in [0.717, 1.165) is 24.0 Å². The zero-order valence-electron chi connectivity index (χ0n) is 13.2. The monoisotopic (exact) mass is 289 g/mol. The van der Waals surface area contributed by atoms with Crippen molar-refractivity contribution >= 4 is 5.91 Å². The predicted octanol–water partition coefficient (Wildman–Crippen LogP) is 3.81. The quantitative estimate of drug-likeness (QED) is 0.865. The molecule has 1 aromatic carbocycles. The van der Waals surface area contributed by atoms with Gasteiger partial charge in [0.15, 0.2) is 0 Å². The average molecular weight is 289 g/mol. The fourth-order valence-corrected chi connectivity index (χ4v) is 2.79. The summed E-state index contributed by atoms with van der Waals surface area (Å²) >= 11 is 0. The van der Waals surface area contributed by atoms with Gasteiger partial charge in [-0.25, -0.2) is 0 Å². The molecule has 3 nitrogen and oxygen atoms in total. The maximum atomic E-state index is 12.1. The molecule has 0 radical (unpaired) electrons. The molecule has 0 atom stereocenters. The molecular weight excluding hydrogens is 262 g/mol. The van der Waals surface area contributed by atoms with Crippen molar-refractivity contribution < 1.29 is 9.53 Å². The molecule has 1 N–H and O–H groups in total. The summed E-state index contributed by atoms with van der Waals surface area (Å²) in [6.07, 6.45) is 6.00. The van der Waals surface area contributed by atoms with Crippen molar-refractivity contribution in [3.8, 4) is 0 Å². The van der Waals surface area contributed by atoms with Gasteiger partial charge in [0.05, 0.1) is 12.7 Å². The minimum Gasteiger partial charge on any atom is -0.374 e. The molecule has 0 bridgehead atoms.